The van der Waals surface area contributed by atoms with Crippen molar-refractivity contribution < 1.29 is 4.79 Å². The van der Waals surface area contributed by atoms with Gasteiger partial charge in [-0.3, -0.25) is 14.2 Å². The molecule has 1 amide bonds. The first-order valence-corrected chi connectivity index (χ1v) is 7.71. The summed E-state index contributed by atoms with van der Waals surface area (Å²) < 4.78 is 1.46. The second-order valence-corrected chi connectivity index (χ2v) is 6.49. The van der Waals surface area contributed by atoms with Crippen LogP contribution in [0.2, 0.25) is 0 Å². The summed E-state index contributed by atoms with van der Waals surface area (Å²) in [4.78, 5) is 31.3. The molecule has 0 saturated carbocycles. The van der Waals surface area contributed by atoms with Crippen LogP contribution in [0.15, 0.2) is 29.2 Å². The molecule has 1 fully saturated rings. The number of nitrogens with zero attached hydrogens (tertiary/aromatic N) is 3. The molecule has 0 bridgehead atoms. The highest BCUT2D eigenvalue weighted by Gasteiger charge is 2.28. The van der Waals surface area contributed by atoms with Crippen molar-refractivity contribution in [2.75, 3.05) is 13.1 Å². The number of pyridine rings is 2. The average Bonchev–Trinajstić information content (AvgIpc) is 2.49. The maximum atomic E-state index is 12.8. The van der Waals surface area contributed by atoms with E-state index in [0.717, 1.165) is 24.9 Å². The minimum absolute atomic E-state index is 0.162. The summed E-state index contributed by atoms with van der Waals surface area (Å²) in [7, 11) is 1.66. The number of piperidine rings is 1. The van der Waals surface area contributed by atoms with E-state index in [0.29, 0.717) is 17.5 Å². The van der Waals surface area contributed by atoms with Gasteiger partial charge in [-0.1, -0.05) is 13.8 Å². The lowest BCUT2D eigenvalue weighted by Crippen LogP contribution is -2.44. The molecular weight excluding hydrogens is 278 g/mol. The second-order valence-electron chi connectivity index (χ2n) is 6.49. The van der Waals surface area contributed by atoms with Crippen LogP contribution in [0, 0.1) is 11.8 Å². The quantitative estimate of drug-likeness (QED) is 0.810. The molecule has 3 heterocycles. The van der Waals surface area contributed by atoms with E-state index in [1.54, 1.807) is 19.3 Å². The fourth-order valence-corrected chi connectivity index (χ4v) is 3.45. The van der Waals surface area contributed by atoms with Crippen LogP contribution in [-0.2, 0) is 7.05 Å². The van der Waals surface area contributed by atoms with Gasteiger partial charge in [0.25, 0.3) is 11.5 Å². The lowest BCUT2D eigenvalue weighted by atomic mass is 9.91. The molecule has 0 unspecified atom stereocenters. The minimum atomic E-state index is -0.276. The molecular formula is C17H21N3O2. The van der Waals surface area contributed by atoms with Crippen molar-refractivity contribution in [1.82, 2.24) is 14.5 Å². The predicted molar refractivity (Wildman–Crippen MR) is 85.8 cm³/mol. The zero-order valence-electron chi connectivity index (χ0n) is 13.2. The summed E-state index contributed by atoms with van der Waals surface area (Å²) in [5.74, 6) is 0.780. The van der Waals surface area contributed by atoms with E-state index in [1.807, 2.05) is 17.0 Å². The number of likely N-dealkylation sites (tertiary alicyclic amines) is 1. The SMILES string of the molecule is C[C@@H]1C[C@@H](C)CN(C(=O)c2cc3cccnc3n(C)c2=O)C1. The van der Waals surface area contributed by atoms with Gasteiger partial charge in [0.2, 0.25) is 0 Å². The van der Waals surface area contributed by atoms with Gasteiger partial charge in [0.15, 0.2) is 0 Å². The van der Waals surface area contributed by atoms with Crippen molar-refractivity contribution in [3.63, 3.8) is 0 Å². The molecule has 2 aromatic heterocycles. The predicted octanol–water partition coefficient (Wildman–Crippen LogP) is 2.05. The van der Waals surface area contributed by atoms with Gasteiger partial charge in [-0.2, -0.15) is 0 Å². The smallest absolute Gasteiger partial charge is 0.264 e. The van der Waals surface area contributed by atoms with Gasteiger partial charge in [0.1, 0.15) is 11.2 Å². The molecule has 1 aliphatic heterocycles. The molecule has 5 heteroatoms. The first-order chi connectivity index (χ1) is 10.5. The van der Waals surface area contributed by atoms with Gasteiger partial charge in [0.05, 0.1) is 0 Å². The molecule has 0 radical (unpaired) electrons. The third kappa shape index (κ3) is 2.51. The lowest BCUT2D eigenvalue weighted by Gasteiger charge is -2.35. The van der Waals surface area contributed by atoms with Crippen LogP contribution in [0.5, 0.6) is 0 Å². The maximum absolute atomic E-state index is 12.8. The van der Waals surface area contributed by atoms with Gasteiger partial charge in [-0.15, -0.1) is 0 Å². The fraction of sp³-hybridized carbons (Fsp3) is 0.471. The van der Waals surface area contributed by atoms with Gasteiger partial charge < -0.3 is 4.90 Å². The molecule has 0 N–H and O–H groups in total. The lowest BCUT2D eigenvalue weighted by molar-refractivity contribution is 0.0621. The molecule has 22 heavy (non-hydrogen) atoms. The molecule has 5 nitrogen and oxygen atoms in total. The highest BCUT2D eigenvalue weighted by Crippen LogP contribution is 2.22. The largest absolute Gasteiger partial charge is 0.338 e. The van der Waals surface area contributed by atoms with Crippen LogP contribution < -0.4 is 5.56 Å². The normalized spacial score (nSPS) is 22.0. The topological polar surface area (TPSA) is 55.2 Å². The van der Waals surface area contributed by atoms with E-state index >= 15 is 0 Å². The number of fused-ring (bicyclic) bond motifs is 1. The zero-order chi connectivity index (χ0) is 15.9. The third-order valence-electron chi connectivity index (χ3n) is 4.36. The number of carbonyl (C=O) groups is 1. The van der Waals surface area contributed by atoms with Crippen molar-refractivity contribution in [1.29, 1.82) is 0 Å². The van der Waals surface area contributed by atoms with E-state index in [2.05, 4.69) is 18.8 Å². The highest BCUT2D eigenvalue weighted by atomic mass is 16.2. The summed E-state index contributed by atoms with van der Waals surface area (Å²) in [6.45, 7) is 5.74. The fourth-order valence-electron chi connectivity index (χ4n) is 3.45. The van der Waals surface area contributed by atoms with Crippen LogP contribution >= 0.6 is 0 Å². The number of rotatable bonds is 1. The van der Waals surface area contributed by atoms with Crippen molar-refractivity contribution in [2.45, 2.75) is 20.3 Å². The molecule has 0 aliphatic carbocycles. The zero-order valence-corrected chi connectivity index (χ0v) is 13.2. The molecule has 1 saturated heterocycles. The first kappa shape index (κ1) is 14.8. The molecule has 0 aromatic carbocycles. The van der Waals surface area contributed by atoms with Crippen LogP contribution in [0.3, 0.4) is 0 Å². The van der Waals surface area contributed by atoms with Gasteiger partial charge in [-0.05, 0) is 36.5 Å². The van der Waals surface area contributed by atoms with Crippen LogP contribution in [0.1, 0.15) is 30.6 Å². The number of aryl methyl sites for hydroxylation is 1. The molecule has 116 valence electrons. The van der Waals surface area contributed by atoms with Gasteiger partial charge >= 0.3 is 0 Å². The van der Waals surface area contributed by atoms with Gasteiger partial charge in [-0.25, -0.2) is 4.98 Å². The van der Waals surface area contributed by atoms with E-state index in [4.69, 9.17) is 0 Å². The number of hydrogen-bond donors (Lipinski definition) is 0. The van der Waals surface area contributed by atoms with E-state index in [-0.39, 0.29) is 17.0 Å². The molecule has 1 aliphatic rings. The Morgan fingerprint density at radius 2 is 1.95 bits per heavy atom. The number of aromatic nitrogens is 2. The Bertz CT molecular complexity index is 771. The second kappa shape index (κ2) is 5.55. The van der Waals surface area contributed by atoms with Crippen LogP contribution in [0.4, 0.5) is 0 Å². The Morgan fingerprint density at radius 3 is 2.64 bits per heavy atom. The Kier molecular flexibility index (Phi) is 3.72. The van der Waals surface area contributed by atoms with Gasteiger partial charge in [0, 0.05) is 31.7 Å². The number of carbonyl (C=O) groups excluding carboxylic acids is 1. The first-order valence-electron chi connectivity index (χ1n) is 7.71. The summed E-state index contributed by atoms with van der Waals surface area (Å²) in [6, 6.07) is 5.36. The summed E-state index contributed by atoms with van der Waals surface area (Å²) >= 11 is 0. The average molecular weight is 299 g/mol. The summed E-state index contributed by atoms with van der Waals surface area (Å²) in [6.07, 6.45) is 2.78. The Balaban J connectivity index is 2.04. The monoisotopic (exact) mass is 299 g/mol. The molecule has 2 atom stereocenters. The molecule has 2 aromatic rings. The van der Waals surface area contributed by atoms with Crippen LogP contribution in [0.25, 0.3) is 11.0 Å². The molecule has 3 rings (SSSR count). The van der Waals surface area contributed by atoms with E-state index < -0.39 is 0 Å². The van der Waals surface area contributed by atoms with E-state index in [9.17, 15) is 9.59 Å². The maximum Gasteiger partial charge on any atom is 0.264 e. The van der Waals surface area contributed by atoms with Crippen molar-refractivity contribution in [3.8, 4) is 0 Å². The Labute approximate surface area is 129 Å². The number of amides is 1. The number of hydrogen-bond acceptors (Lipinski definition) is 3. The highest BCUT2D eigenvalue weighted by molar-refractivity contribution is 5.97. The van der Waals surface area contributed by atoms with Crippen molar-refractivity contribution >= 4 is 16.9 Å². The van der Waals surface area contributed by atoms with E-state index in [1.165, 1.54) is 4.57 Å². The minimum Gasteiger partial charge on any atom is -0.338 e. The Hall–Kier alpha value is -2.17. The van der Waals surface area contributed by atoms with Crippen molar-refractivity contribution in [2.24, 2.45) is 18.9 Å². The third-order valence-corrected chi connectivity index (χ3v) is 4.36. The Morgan fingerprint density at radius 1 is 1.27 bits per heavy atom. The standard InChI is InChI=1S/C17H21N3O2/c1-11-7-12(2)10-20(9-11)17(22)14-8-13-5-4-6-18-15(13)19(3)16(14)21/h4-6,8,11-12H,7,9-10H2,1-3H3/t11-,12-/m1/s1. The van der Waals surface area contributed by atoms with Crippen LogP contribution in [-0.4, -0.2) is 33.4 Å². The summed E-state index contributed by atoms with van der Waals surface area (Å²) in [5, 5.41) is 0.811. The summed E-state index contributed by atoms with van der Waals surface area (Å²) in [5.41, 5.74) is 0.566. The van der Waals surface area contributed by atoms with Crippen molar-refractivity contribution in [3.05, 3.63) is 40.3 Å². The molecule has 0 spiro atoms.